The Labute approximate surface area is 120 Å². The molecule has 0 radical (unpaired) electrons. The van der Waals surface area contributed by atoms with E-state index < -0.39 is 29.7 Å². The van der Waals surface area contributed by atoms with Crippen molar-refractivity contribution in [1.29, 1.82) is 21.6 Å². The monoisotopic (exact) mass is 298 g/mol. The fraction of sp³-hybridized carbons (Fsp3) is 0.333. The summed E-state index contributed by atoms with van der Waals surface area (Å²) in [5.41, 5.74) is 4.39. The Morgan fingerprint density at radius 1 is 0.762 bits per heavy atom. The summed E-state index contributed by atoms with van der Waals surface area (Å²) in [6.07, 6.45) is 0.197. The van der Waals surface area contributed by atoms with Crippen molar-refractivity contribution in [2.75, 3.05) is 0 Å². The summed E-state index contributed by atoms with van der Waals surface area (Å²) < 4.78 is 0. The van der Waals surface area contributed by atoms with E-state index in [2.05, 4.69) is 32.1 Å². The first-order valence-electron chi connectivity index (χ1n) is 5.72. The van der Waals surface area contributed by atoms with Crippen LogP contribution in [0.4, 0.5) is 0 Å². The Morgan fingerprint density at radius 2 is 1.19 bits per heavy atom. The quantitative estimate of drug-likeness (QED) is 0.146. The van der Waals surface area contributed by atoms with Gasteiger partial charge in [-0.05, 0) is 0 Å². The van der Waals surface area contributed by atoms with Crippen LogP contribution in [-0.2, 0) is 9.59 Å². The summed E-state index contributed by atoms with van der Waals surface area (Å²) in [4.78, 5) is 21.6. The molecule has 0 aliphatic rings. The highest BCUT2D eigenvalue weighted by atomic mass is 16.2. The van der Waals surface area contributed by atoms with E-state index in [1.54, 1.807) is 6.92 Å². The zero-order valence-corrected chi connectivity index (χ0v) is 11.5. The molecule has 0 saturated heterocycles. The van der Waals surface area contributed by atoms with E-state index in [9.17, 15) is 9.59 Å². The molecule has 0 aliphatic carbocycles. The summed E-state index contributed by atoms with van der Waals surface area (Å²) in [7, 11) is 0. The lowest BCUT2D eigenvalue weighted by Gasteiger charge is -2.14. The van der Waals surface area contributed by atoms with Gasteiger partial charge >= 0.3 is 0 Å². The zero-order valence-electron chi connectivity index (χ0n) is 11.5. The SMILES string of the molecule is CCC(=O)NC(=N)NC(=N)NNC(=N)NC(=N)NC(C)=O. The van der Waals surface area contributed by atoms with Gasteiger partial charge in [0.15, 0.2) is 0 Å². The van der Waals surface area contributed by atoms with E-state index in [0.717, 1.165) is 0 Å². The van der Waals surface area contributed by atoms with Crippen LogP contribution in [-0.4, -0.2) is 35.7 Å². The lowest BCUT2D eigenvalue weighted by atomic mass is 10.5. The van der Waals surface area contributed by atoms with Gasteiger partial charge < -0.3 is 0 Å². The molecule has 0 aromatic carbocycles. The van der Waals surface area contributed by atoms with Crippen LogP contribution in [0.25, 0.3) is 0 Å². The van der Waals surface area contributed by atoms with Crippen LogP contribution in [0.1, 0.15) is 20.3 Å². The number of carbonyl (C=O) groups excluding carboxylic acids is 2. The summed E-state index contributed by atoms with van der Waals surface area (Å²) >= 11 is 0. The minimum atomic E-state index is -0.470. The molecule has 0 unspecified atom stereocenters. The summed E-state index contributed by atoms with van der Waals surface area (Å²) in [5.74, 6) is -2.48. The second-order valence-electron chi connectivity index (χ2n) is 3.58. The van der Waals surface area contributed by atoms with Crippen molar-refractivity contribution in [3.05, 3.63) is 0 Å². The topological polar surface area (TPSA) is 202 Å². The number of hydrogen-bond acceptors (Lipinski definition) is 6. The third kappa shape index (κ3) is 9.40. The number of nitrogens with one attached hydrogen (secondary N) is 10. The second-order valence-corrected chi connectivity index (χ2v) is 3.58. The molecule has 0 aromatic rings. The molecular formula is C9H18N10O2. The average molecular weight is 298 g/mol. The second kappa shape index (κ2) is 8.84. The Kier molecular flexibility index (Phi) is 7.50. The van der Waals surface area contributed by atoms with Gasteiger partial charge in [0.05, 0.1) is 0 Å². The maximum absolute atomic E-state index is 11.0. The maximum atomic E-state index is 11.0. The van der Waals surface area contributed by atoms with E-state index in [1.165, 1.54) is 6.92 Å². The largest absolute Gasteiger partial charge is 0.297 e. The van der Waals surface area contributed by atoms with E-state index >= 15 is 0 Å². The number of hydrazine groups is 1. The first-order chi connectivity index (χ1) is 9.74. The molecule has 12 heteroatoms. The normalized spacial score (nSPS) is 8.86. The van der Waals surface area contributed by atoms with Crippen LogP contribution in [0.15, 0.2) is 0 Å². The van der Waals surface area contributed by atoms with Gasteiger partial charge in [-0.1, -0.05) is 6.92 Å². The van der Waals surface area contributed by atoms with Crippen molar-refractivity contribution in [1.82, 2.24) is 32.1 Å². The maximum Gasteiger partial charge on any atom is 0.226 e. The molecule has 0 fully saturated rings. The number of amides is 2. The molecule has 2 amide bonds. The van der Waals surface area contributed by atoms with E-state index in [-0.39, 0.29) is 12.3 Å². The predicted octanol–water partition coefficient (Wildman–Crippen LogP) is -2.34. The van der Waals surface area contributed by atoms with E-state index in [1.807, 2.05) is 0 Å². The van der Waals surface area contributed by atoms with Gasteiger partial charge in [0.2, 0.25) is 35.7 Å². The van der Waals surface area contributed by atoms with Gasteiger partial charge in [-0.3, -0.25) is 63.3 Å². The van der Waals surface area contributed by atoms with Crippen LogP contribution in [0.3, 0.4) is 0 Å². The van der Waals surface area contributed by atoms with Crippen molar-refractivity contribution in [2.45, 2.75) is 20.3 Å². The van der Waals surface area contributed by atoms with Crippen LogP contribution in [0.2, 0.25) is 0 Å². The van der Waals surface area contributed by atoms with Crippen LogP contribution in [0, 0.1) is 21.6 Å². The number of guanidine groups is 4. The molecule has 116 valence electrons. The molecule has 10 N–H and O–H groups in total. The van der Waals surface area contributed by atoms with Gasteiger partial charge in [-0.2, -0.15) is 0 Å². The zero-order chi connectivity index (χ0) is 16.4. The molecule has 0 saturated carbocycles. The molecule has 0 bridgehead atoms. The molecule has 12 nitrogen and oxygen atoms in total. The number of carbonyl (C=O) groups is 2. The summed E-state index contributed by atoms with van der Waals surface area (Å²) in [5, 5.41) is 38.0. The van der Waals surface area contributed by atoms with Gasteiger partial charge in [0.1, 0.15) is 0 Å². The van der Waals surface area contributed by atoms with E-state index in [0.29, 0.717) is 0 Å². The van der Waals surface area contributed by atoms with Gasteiger partial charge in [0.25, 0.3) is 0 Å². The Balaban J connectivity index is 4.00. The van der Waals surface area contributed by atoms with Crippen molar-refractivity contribution in [3.63, 3.8) is 0 Å². The highest BCUT2D eigenvalue weighted by Crippen LogP contribution is 1.73. The standard InChI is InChI=1S/C9H18N10O2/c1-3-5(21)15-7(11)17-9(13)19-18-8(12)16-6(10)14-4(2)20/h3H2,1-2H3,(H5,10,12,14,16,18,20)(H5,11,13,15,17,19,21). The van der Waals surface area contributed by atoms with Crippen molar-refractivity contribution in [3.8, 4) is 0 Å². The fourth-order valence-corrected chi connectivity index (χ4v) is 0.904. The van der Waals surface area contributed by atoms with Crippen molar-refractivity contribution >= 4 is 35.7 Å². The predicted molar refractivity (Wildman–Crippen MR) is 75.7 cm³/mol. The molecule has 0 spiro atoms. The summed E-state index contributed by atoms with van der Waals surface area (Å²) in [6.45, 7) is 2.83. The lowest BCUT2D eigenvalue weighted by Crippen LogP contribution is -2.56. The molecule has 0 rings (SSSR count). The molecule has 21 heavy (non-hydrogen) atoms. The van der Waals surface area contributed by atoms with E-state index in [4.69, 9.17) is 21.6 Å². The van der Waals surface area contributed by atoms with Crippen molar-refractivity contribution < 1.29 is 9.59 Å². The fourth-order valence-electron chi connectivity index (χ4n) is 0.904. The third-order valence-corrected chi connectivity index (χ3v) is 1.70. The Bertz CT molecular complexity index is 471. The van der Waals surface area contributed by atoms with Gasteiger partial charge in [-0.15, -0.1) is 0 Å². The highest BCUT2D eigenvalue weighted by Gasteiger charge is 2.05. The Morgan fingerprint density at radius 3 is 1.57 bits per heavy atom. The molecule has 0 heterocycles. The van der Waals surface area contributed by atoms with Crippen LogP contribution in [0.5, 0.6) is 0 Å². The first-order valence-corrected chi connectivity index (χ1v) is 5.72. The minimum Gasteiger partial charge on any atom is -0.297 e. The van der Waals surface area contributed by atoms with Gasteiger partial charge in [-0.25, -0.2) is 0 Å². The lowest BCUT2D eigenvalue weighted by molar-refractivity contribution is -0.119. The number of hydrogen-bond donors (Lipinski definition) is 10. The van der Waals surface area contributed by atoms with Crippen molar-refractivity contribution in [2.24, 2.45) is 0 Å². The summed E-state index contributed by atoms with van der Waals surface area (Å²) in [6, 6.07) is 0. The molecule has 0 aliphatic heterocycles. The smallest absolute Gasteiger partial charge is 0.226 e. The first kappa shape index (κ1) is 17.8. The molecule has 0 atom stereocenters. The minimum absolute atomic E-state index is 0.197. The Hall–Kier alpha value is -3.18. The average Bonchev–Trinajstić information content (AvgIpc) is 2.34. The molecule has 0 aromatic heterocycles. The third-order valence-electron chi connectivity index (χ3n) is 1.70. The van der Waals surface area contributed by atoms with Gasteiger partial charge in [0, 0.05) is 13.3 Å². The highest BCUT2D eigenvalue weighted by molar-refractivity contribution is 6.05. The number of rotatable bonds is 1. The molecular weight excluding hydrogens is 280 g/mol. The van der Waals surface area contributed by atoms with Crippen LogP contribution < -0.4 is 32.1 Å². The van der Waals surface area contributed by atoms with Crippen LogP contribution >= 0.6 is 0 Å².